The fourth-order valence-corrected chi connectivity index (χ4v) is 2.11. The van der Waals surface area contributed by atoms with Gasteiger partial charge in [0.2, 0.25) is 0 Å². The van der Waals surface area contributed by atoms with Crippen molar-refractivity contribution in [2.75, 3.05) is 45.4 Å². The lowest BCUT2D eigenvalue weighted by molar-refractivity contribution is 0.0215. The standard InChI is InChI=1S/C18H25BrN4O4/c1-4-14(22-18(24)16-17(20)21-11-15(19)23-16)10-13(3)12-27-9-8-26-7-6-25-5-2/h4,10-11H,1,3,5-9,12H2,2H3,(H2,20,21)(H,22,24)/b14-10+. The van der Waals surface area contributed by atoms with Crippen LogP contribution in [0.5, 0.6) is 0 Å². The van der Waals surface area contributed by atoms with Crippen LogP contribution in [0.1, 0.15) is 17.4 Å². The van der Waals surface area contributed by atoms with Crippen molar-refractivity contribution in [2.24, 2.45) is 0 Å². The Morgan fingerprint density at radius 2 is 1.96 bits per heavy atom. The lowest BCUT2D eigenvalue weighted by Gasteiger charge is -2.09. The van der Waals surface area contributed by atoms with Gasteiger partial charge in [0.1, 0.15) is 4.60 Å². The molecule has 9 heteroatoms. The summed E-state index contributed by atoms with van der Waals surface area (Å²) in [4.78, 5) is 20.2. The van der Waals surface area contributed by atoms with Crippen molar-refractivity contribution < 1.29 is 19.0 Å². The van der Waals surface area contributed by atoms with E-state index >= 15 is 0 Å². The van der Waals surface area contributed by atoms with Crippen LogP contribution in [0.2, 0.25) is 0 Å². The number of ether oxygens (including phenoxy) is 3. The van der Waals surface area contributed by atoms with E-state index in [-0.39, 0.29) is 11.5 Å². The van der Waals surface area contributed by atoms with Crippen molar-refractivity contribution in [2.45, 2.75) is 6.92 Å². The van der Waals surface area contributed by atoms with Gasteiger partial charge in [0, 0.05) is 12.3 Å². The summed E-state index contributed by atoms with van der Waals surface area (Å²) in [7, 11) is 0. The van der Waals surface area contributed by atoms with Crippen molar-refractivity contribution in [3.63, 3.8) is 0 Å². The number of carbonyl (C=O) groups excluding carboxylic acids is 1. The van der Waals surface area contributed by atoms with Crippen molar-refractivity contribution >= 4 is 27.7 Å². The third-order valence-corrected chi connectivity index (χ3v) is 3.44. The fourth-order valence-electron chi connectivity index (χ4n) is 1.83. The van der Waals surface area contributed by atoms with Crippen LogP contribution in [-0.2, 0) is 14.2 Å². The number of nitrogens with one attached hydrogen (secondary N) is 1. The number of amides is 1. The maximum atomic E-state index is 12.3. The molecule has 27 heavy (non-hydrogen) atoms. The van der Waals surface area contributed by atoms with Gasteiger partial charge in [-0.25, -0.2) is 9.97 Å². The number of allylic oxidation sites excluding steroid dienone is 1. The Hall–Kier alpha value is -2.07. The van der Waals surface area contributed by atoms with Gasteiger partial charge in [0.25, 0.3) is 5.91 Å². The molecule has 1 aromatic rings. The summed E-state index contributed by atoms with van der Waals surface area (Å²) in [5.74, 6) is -0.463. The van der Waals surface area contributed by atoms with Crippen LogP contribution in [-0.4, -0.2) is 55.5 Å². The van der Waals surface area contributed by atoms with Gasteiger partial charge in [-0.2, -0.15) is 0 Å². The molecule has 0 aromatic carbocycles. The summed E-state index contributed by atoms with van der Waals surface area (Å²) in [6.45, 7) is 12.5. The van der Waals surface area contributed by atoms with Gasteiger partial charge >= 0.3 is 0 Å². The largest absolute Gasteiger partial charge is 0.382 e. The number of nitrogens with zero attached hydrogens (tertiary/aromatic N) is 2. The maximum absolute atomic E-state index is 12.3. The molecule has 1 amide bonds. The summed E-state index contributed by atoms with van der Waals surface area (Å²) in [6.07, 6.45) is 4.56. The third-order valence-electron chi connectivity index (χ3n) is 3.06. The molecule has 8 nitrogen and oxygen atoms in total. The Morgan fingerprint density at radius 1 is 1.30 bits per heavy atom. The Balaban J connectivity index is 2.42. The highest BCUT2D eigenvalue weighted by Crippen LogP contribution is 2.11. The number of aromatic nitrogens is 2. The molecular weight excluding hydrogens is 416 g/mol. The quantitative estimate of drug-likeness (QED) is 0.357. The molecule has 3 N–H and O–H groups in total. The second-order valence-corrected chi connectivity index (χ2v) is 6.02. The monoisotopic (exact) mass is 440 g/mol. The zero-order valence-corrected chi connectivity index (χ0v) is 17.0. The van der Waals surface area contributed by atoms with E-state index in [2.05, 4.69) is 44.4 Å². The van der Waals surface area contributed by atoms with Gasteiger partial charge in [0.05, 0.1) is 39.2 Å². The van der Waals surface area contributed by atoms with Crippen LogP contribution in [0.25, 0.3) is 0 Å². The summed E-state index contributed by atoms with van der Waals surface area (Å²) < 4.78 is 16.4. The Labute approximate surface area is 167 Å². The van der Waals surface area contributed by atoms with E-state index in [1.165, 1.54) is 12.3 Å². The maximum Gasteiger partial charge on any atom is 0.278 e. The minimum atomic E-state index is -0.496. The minimum absolute atomic E-state index is 0.0168. The van der Waals surface area contributed by atoms with Gasteiger partial charge in [-0.3, -0.25) is 4.79 Å². The van der Waals surface area contributed by atoms with Crippen LogP contribution in [0.15, 0.2) is 47.4 Å². The van der Waals surface area contributed by atoms with E-state index in [1.807, 2.05) is 6.92 Å². The Kier molecular flexibility index (Phi) is 11.2. The first-order chi connectivity index (χ1) is 13.0. The highest BCUT2D eigenvalue weighted by Gasteiger charge is 2.14. The highest BCUT2D eigenvalue weighted by atomic mass is 79.9. The molecule has 1 heterocycles. The second kappa shape index (κ2) is 13.2. The number of carbonyl (C=O) groups is 1. The normalized spacial score (nSPS) is 11.3. The first-order valence-corrected chi connectivity index (χ1v) is 9.11. The van der Waals surface area contributed by atoms with Gasteiger partial charge < -0.3 is 25.3 Å². The molecule has 0 spiro atoms. The van der Waals surface area contributed by atoms with E-state index in [1.54, 1.807) is 6.08 Å². The van der Waals surface area contributed by atoms with E-state index in [9.17, 15) is 4.79 Å². The first-order valence-electron chi connectivity index (χ1n) is 8.32. The molecule has 0 aliphatic carbocycles. The number of hydrogen-bond acceptors (Lipinski definition) is 7. The molecule has 0 saturated carbocycles. The third kappa shape index (κ3) is 9.43. The van der Waals surface area contributed by atoms with Crippen LogP contribution in [0.3, 0.4) is 0 Å². The van der Waals surface area contributed by atoms with Crippen LogP contribution in [0.4, 0.5) is 5.82 Å². The van der Waals surface area contributed by atoms with E-state index in [0.29, 0.717) is 55.5 Å². The summed E-state index contributed by atoms with van der Waals surface area (Å²) in [6, 6.07) is 0. The summed E-state index contributed by atoms with van der Waals surface area (Å²) in [5.41, 5.74) is 6.81. The molecule has 0 bridgehead atoms. The van der Waals surface area contributed by atoms with Crippen molar-refractivity contribution in [3.8, 4) is 0 Å². The molecule has 0 fully saturated rings. The Bertz CT molecular complexity index is 679. The number of rotatable bonds is 13. The zero-order chi connectivity index (χ0) is 20.1. The van der Waals surface area contributed by atoms with Crippen LogP contribution < -0.4 is 11.1 Å². The summed E-state index contributed by atoms with van der Waals surface area (Å²) >= 11 is 3.15. The molecule has 1 aromatic heterocycles. The fraction of sp³-hybridized carbons (Fsp3) is 0.389. The predicted molar refractivity (Wildman–Crippen MR) is 107 cm³/mol. The molecule has 0 unspecified atom stereocenters. The molecule has 0 aliphatic rings. The van der Waals surface area contributed by atoms with Gasteiger partial charge in [-0.05, 0) is 40.6 Å². The molecule has 0 atom stereocenters. The number of nitrogens with two attached hydrogens (primary N) is 1. The molecule has 0 saturated heterocycles. The van der Waals surface area contributed by atoms with E-state index in [0.717, 1.165) is 0 Å². The summed E-state index contributed by atoms with van der Waals surface area (Å²) in [5, 5.41) is 2.66. The predicted octanol–water partition coefficient (Wildman–Crippen LogP) is 2.25. The van der Waals surface area contributed by atoms with Gasteiger partial charge in [-0.15, -0.1) is 0 Å². The van der Waals surface area contributed by atoms with Crippen LogP contribution in [0, 0.1) is 0 Å². The lowest BCUT2D eigenvalue weighted by atomic mass is 10.2. The lowest BCUT2D eigenvalue weighted by Crippen LogP contribution is -2.25. The van der Waals surface area contributed by atoms with Crippen LogP contribution >= 0.6 is 15.9 Å². The average molecular weight is 441 g/mol. The smallest absolute Gasteiger partial charge is 0.278 e. The number of hydrogen-bond donors (Lipinski definition) is 2. The molecule has 0 radical (unpaired) electrons. The van der Waals surface area contributed by atoms with Gasteiger partial charge in [0.15, 0.2) is 11.5 Å². The number of anilines is 1. The van der Waals surface area contributed by atoms with Gasteiger partial charge in [-0.1, -0.05) is 13.2 Å². The molecular formula is C18H25BrN4O4. The molecule has 0 aliphatic heterocycles. The highest BCUT2D eigenvalue weighted by molar-refractivity contribution is 9.10. The SMILES string of the molecule is C=C/C(=C\C(=C)COCCOCCOCC)NC(=O)c1nc(Br)cnc1N. The molecule has 148 valence electrons. The van der Waals surface area contributed by atoms with E-state index in [4.69, 9.17) is 19.9 Å². The number of nitrogen functional groups attached to an aromatic ring is 1. The average Bonchev–Trinajstić information content (AvgIpc) is 2.65. The first kappa shape index (κ1) is 23.0. The second-order valence-electron chi connectivity index (χ2n) is 5.20. The van der Waals surface area contributed by atoms with Crippen molar-refractivity contribution in [1.82, 2.24) is 15.3 Å². The van der Waals surface area contributed by atoms with E-state index < -0.39 is 5.91 Å². The Morgan fingerprint density at radius 3 is 2.63 bits per heavy atom. The molecule has 1 rings (SSSR count). The minimum Gasteiger partial charge on any atom is -0.382 e. The van der Waals surface area contributed by atoms with Crippen molar-refractivity contribution in [1.29, 1.82) is 0 Å². The van der Waals surface area contributed by atoms with Crippen molar-refractivity contribution in [3.05, 3.63) is 53.1 Å². The number of halogens is 1. The topological polar surface area (TPSA) is 109 Å². The zero-order valence-electron chi connectivity index (χ0n) is 15.4.